The number of hydrogen-bond acceptors (Lipinski definition) is 3. The fraction of sp³-hybridized carbons (Fsp3) is 0.909. The Hall–Kier alpha value is -0.610. The Balaban J connectivity index is 3.93. The first-order valence-corrected chi connectivity index (χ1v) is 5.52. The summed E-state index contributed by atoms with van der Waals surface area (Å²) in [5.41, 5.74) is 5.53. The second-order valence-corrected chi connectivity index (χ2v) is 4.96. The molecule has 4 nitrogen and oxygen atoms in total. The quantitative estimate of drug-likeness (QED) is 0.681. The molecule has 0 saturated carbocycles. The Labute approximate surface area is 93.2 Å². The van der Waals surface area contributed by atoms with Gasteiger partial charge < -0.3 is 11.1 Å². The molecule has 90 valence electrons. The molecule has 0 aromatic heterocycles. The molecular formula is C11H25N3O. The minimum absolute atomic E-state index is 0.0602. The highest BCUT2D eigenvalue weighted by Crippen LogP contribution is 2.06. The predicted octanol–water partition coefficient (Wildman–Crippen LogP) is 0.570. The van der Waals surface area contributed by atoms with Gasteiger partial charge >= 0.3 is 0 Å². The number of carbonyl (C=O) groups excluding carboxylic acids is 1. The van der Waals surface area contributed by atoms with Gasteiger partial charge in [-0.15, -0.1) is 0 Å². The lowest BCUT2D eigenvalue weighted by Crippen LogP contribution is -2.48. The highest BCUT2D eigenvalue weighted by Gasteiger charge is 2.18. The number of nitrogens with two attached hydrogens (primary N) is 1. The van der Waals surface area contributed by atoms with Crippen LogP contribution in [-0.4, -0.2) is 42.5 Å². The average molecular weight is 215 g/mol. The van der Waals surface area contributed by atoms with Crippen molar-refractivity contribution >= 4 is 5.91 Å². The van der Waals surface area contributed by atoms with Crippen LogP contribution < -0.4 is 11.1 Å². The van der Waals surface area contributed by atoms with Crippen molar-refractivity contribution in [3.8, 4) is 0 Å². The molecule has 15 heavy (non-hydrogen) atoms. The van der Waals surface area contributed by atoms with Crippen molar-refractivity contribution in [2.75, 3.05) is 20.1 Å². The monoisotopic (exact) mass is 215 g/mol. The Kier molecular flexibility index (Phi) is 5.83. The largest absolute Gasteiger partial charge is 0.350 e. The van der Waals surface area contributed by atoms with Gasteiger partial charge in [0.1, 0.15) is 0 Å². The molecule has 0 aromatic rings. The third-order valence-corrected chi connectivity index (χ3v) is 2.37. The van der Waals surface area contributed by atoms with E-state index < -0.39 is 0 Å². The standard InChI is InChI=1S/C11H25N3O/c1-6-11(3,4)13-10(15)8-14(5)7-9(2)12/h9H,6-8,12H2,1-5H3,(H,13,15). The number of nitrogens with zero attached hydrogens (tertiary/aromatic N) is 1. The molecule has 0 rings (SSSR count). The minimum atomic E-state index is -0.119. The summed E-state index contributed by atoms with van der Waals surface area (Å²) in [6.07, 6.45) is 0.926. The zero-order chi connectivity index (χ0) is 12.1. The van der Waals surface area contributed by atoms with E-state index in [4.69, 9.17) is 5.73 Å². The smallest absolute Gasteiger partial charge is 0.234 e. The van der Waals surface area contributed by atoms with Crippen LogP contribution in [0.2, 0.25) is 0 Å². The number of rotatable bonds is 6. The van der Waals surface area contributed by atoms with Crippen LogP contribution in [0.1, 0.15) is 34.1 Å². The molecule has 0 fully saturated rings. The lowest BCUT2D eigenvalue weighted by molar-refractivity contribution is -0.123. The Morgan fingerprint density at radius 3 is 2.47 bits per heavy atom. The summed E-state index contributed by atoms with van der Waals surface area (Å²) in [6, 6.07) is 0.0991. The first-order valence-electron chi connectivity index (χ1n) is 5.52. The molecule has 0 aliphatic rings. The summed E-state index contributed by atoms with van der Waals surface area (Å²) in [4.78, 5) is 13.6. The van der Waals surface area contributed by atoms with Crippen LogP contribution in [0, 0.1) is 0 Å². The fourth-order valence-corrected chi connectivity index (χ4v) is 1.31. The maximum Gasteiger partial charge on any atom is 0.234 e. The van der Waals surface area contributed by atoms with Gasteiger partial charge in [0.05, 0.1) is 6.54 Å². The van der Waals surface area contributed by atoms with Gasteiger partial charge in [-0.05, 0) is 34.2 Å². The van der Waals surface area contributed by atoms with Gasteiger partial charge in [-0.1, -0.05) is 6.92 Å². The number of nitrogens with one attached hydrogen (secondary N) is 1. The molecule has 0 spiro atoms. The maximum atomic E-state index is 11.6. The third kappa shape index (κ3) is 7.33. The summed E-state index contributed by atoms with van der Waals surface area (Å²) in [7, 11) is 1.90. The molecule has 0 saturated heterocycles. The fourth-order valence-electron chi connectivity index (χ4n) is 1.31. The van der Waals surface area contributed by atoms with Gasteiger partial charge in [0.25, 0.3) is 0 Å². The minimum Gasteiger partial charge on any atom is -0.350 e. The molecule has 1 unspecified atom stereocenters. The van der Waals surface area contributed by atoms with Crippen molar-refractivity contribution in [1.82, 2.24) is 10.2 Å². The molecule has 3 N–H and O–H groups in total. The van der Waals surface area contributed by atoms with Crippen LogP contribution >= 0.6 is 0 Å². The Bertz CT molecular complexity index is 202. The molecule has 0 aliphatic carbocycles. The second kappa shape index (κ2) is 6.08. The predicted molar refractivity (Wildman–Crippen MR) is 63.7 cm³/mol. The van der Waals surface area contributed by atoms with E-state index in [-0.39, 0.29) is 17.5 Å². The van der Waals surface area contributed by atoms with Gasteiger partial charge in [0, 0.05) is 18.1 Å². The van der Waals surface area contributed by atoms with Crippen molar-refractivity contribution in [2.45, 2.75) is 45.7 Å². The first-order chi connectivity index (χ1) is 6.76. The molecule has 0 aromatic carbocycles. The van der Waals surface area contributed by atoms with Gasteiger partial charge in [0.15, 0.2) is 0 Å². The SMILES string of the molecule is CCC(C)(C)NC(=O)CN(C)CC(C)N. The van der Waals surface area contributed by atoms with Gasteiger partial charge in [-0.2, -0.15) is 0 Å². The molecule has 0 bridgehead atoms. The van der Waals surface area contributed by atoms with E-state index in [2.05, 4.69) is 12.2 Å². The van der Waals surface area contributed by atoms with Crippen molar-refractivity contribution in [3.05, 3.63) is 0 Å². The van der Waals surface area contributed by atoms with Crippen LogP contribution in [0.3, 0.4) is 0 Å². The summed E-state index contributed by atoms with van der Waals surface area (Å²) in [5.74, 6) is 0.0602. The first kappa shape index (κ1) is 14.4. The summed E-state index contributed by atoms with van der Waals surface area (Å²) in [5, 5.41) is 2.99. The molecule has 0 radical (unpaired) electrons. The number of amides is 1. The summed E-state index contributed by atoms with van der Waals surface area (Å²) in [6.45, 7) is 9.19. The van der Waals surface area contributed by atoms with E-state index in [0.717, 1.165) is 13.0 Å². The lowest BCUT2D eigenvalue weighted by Gasteiger charge is -2.26. The van der Waals surface area contributed by atoms with E-state index >= 15 is 0 Å². The van der Waals surface area contributed by atoms with E-state index in [1.807, 2.05) is 32.7 Å². The van der Waals surface area contributed by atoms with Crippen LogP contribution in [0.15, 0.2) is 0 Å². The van der Waals surface area contributed by atoms with Crippen molar-refractivity contribution < 1.29 is 4.79 Å². The van der Waals surface area contributed by atoms with Gasteiger partial charge in [0.2, 0.25) is 5.91 Å². The highest BCUT2D eigenvalue weighted by atomic mass is 16.2. The molecule has 0 heterocycles. The van der Waals surface area contributed by atoms with Crippen molar-refractivity contribution in [1.29, 1.82) is 0 Å². The lowest BCUT2D eigenvalue weighted by atomic mass is 10.0. The Morgan fingerprint density at radius 2 is 2.07 bits per heavy atom. The molecule has 4 heteroatoms. The average Bonchev–Trinajstić information content (AvgIpc) is 2.00. The maximum absolute atomic E-state index is 11.6. The zero-order valence-corrected chi connectivity index (χ0v) is 10.6. The normalized spacial score (nSPS) is 14.1. The molecule has 0 aliphatic heterocycles. The summed E-state index contributed by atoms with van der Waals surface area (Å²) >= 11 is 0. The van der Waals surface area contributed by atoms with E-state index in [1.165, 1.54) is 0 Å². The highest BCUT2D eigenvalue weighted by molar-refractivity contribution is 5.78. The van der Waals surface area contributed by atoms with Crippen molar-refractivity contribution in [3.63, 3.8) is 0 Å². The van der Waals surface area contributed by atoms with E-state index in [1.54, 1.807) is 0 Å². The van der Waals surface area contributed by atoms with Crippen LogP contribution in [-0.2, 0) is 4.79 Å². The second-order valence-electron chi connectivity index (χ2n) is 4.96. The van der Waals surface area contributed by atoms with Crippen LogP contribution in [0.5, 0.6) is 0 Å². The van der Waals surface area contributed by atoms with Crippen LogP contribution in [0.25, 0.3) is 0 Å². The van der Waals surface area contributed by atoms with E-state index in [0.29, 0.717) is 6.54 Å². The van der Waals surface area contributed by atoms with Crippen LogP contribution in [0.4, 0.5) is 0 Å². The van der Waals surface area contributed by atoms with Gasteiger partial charge in [-0.25, -0.2) is 0 Å². The molecule has 1 amide bonds. The number of carbonyl (C=O) groups is 1. The topological polar surface area (TPSA) is 58.4 Å². The third-order valence-electron chi connectivity index (χ3n) is 2.37. The molecule has 1 atom stereocenters. The van der Waals surface area contributed by atoms with Gasteiger partial charge in [-0.3, -0.25) is 9.69 Å². The number of hydrogen-bond donors (Lipinski definition) is 2. The van der Waals surface area contributed by atoms with Crippen molar-refractivity contribution in [2.24, 2.45) is 5.73 Å². The Morgan fingerprint density at radius 1 is 1.53 bits per heavy atom. The zero-order valence-electron chi connectivity index (χ0n) is 10.6. The molecular weight excluding hydrogens is 190 g/mol. The number of likely N-dealkylation sites (N-methyl/N-ethyl adjacent to an activating group) is 1. The summed E-state index contributed by atoms with van der Waals surface area (Å²) < 4.78 is 0. The van der Waals surface area contributed by atoms with E-state index in [9.17, 15) is 4.79 Å².